The molecule has 1 aromatic carbocycles. The Hall–Kier alpha value is -1.62. The highest BCUT2D eigenvalue weighted by Gasteiger charge is 2.15. The Morgan fingerprint density at radius 3 is 3.05 bits per heavy atom. The average Bonchev–Trinajstić information content (AvgIpc) is 2.43. The molecule has 1 aromatic rings. The van der Waals surface area contributed by atoms with E-state index in [1.54, 1.807) is 0 Å². The van der Waals surface area contributed by atoms with Crippen LogP contribution in [0.15, 0.2) is 18.2 Å². The molecule has 116 valence electrons. The molecule has 3 N–H and O–H groups in total. The van der Waals surface area contributed by atoms with E-state index < -0.39 is 5.82 Å². The van der Waals surface area contributed by atoms with Crippen LogP contribution in [0.5, 0.6) is 0 Å². The number of halogens is 1. The molecule has 0 bridgehead atoms. The normalized spacial score (nSPS) is 19.4. The highest BCUT2D eigenvalue weighted by molar-refractivity contribution is 5.91. The van der Waals surface area contributed by atoms with Gasteiger partial charge in [-0.05, 0) is 56.5 Å². The first-order chi connectivity index (χ1) is 10.0. The van der Waals surface area contributed by atoms with E-state index in [-0.39, 0.29) is 11.6 Å². The summed E-state index contributed by atoms with van der Waals surface area (Å²) in [4.78, 5) is 14.3. The fourth-order valence-electron chi connectivity index (χ4n) is 2.80. The number of amides is 1. The van der Waals surface area contributed by atoms with Gasteiger partial charge in [0.2, 0.25) is 5.91 Å². The Labute approximate surface area is 125 Å². The number of rotatable bonds is 5. The van der Waals surface area contributed by atoms with Crippen molar-refractivity contribution in [3.63, 3.8) is 0 Å². The quantitative estimate of drug-likeness (QED) is 0.821. The van der Waals surface area contributed by atoms with E-state index in [4.69, 9.17) is 5.73 Å². The molecule has 5 heteroatoms. The second-order valence-corrected chi connectivity index (χ2v) is 5.94. The number of likely N-dealkylation sites (tertiary alicyclic amines) is 1. The summed E-state index contributed by atoms with van der Waals surface area (Å²) >= 11 is 0. The van der Waals surface area contributed by atoms with Crippen molar-refractivity contribution in [2.24, 2.45) is 5.92 Å². The Bertz CT molecular complexity index is 492. The van der Waals surface area contributed by atoms with Gasteiger partial charge in [-0.25, -0.2) is 4.39 Å². The molecular formula is C16H24FN3O. The summed E-state index contributed by atoms with van der Waals surface area (Å²) in [5.41, 5.74) is 6.07. The summed E-state index contributed by atoms with van der Waals surface area (Å²) in [6.45, 7) is 5.51. The number of nitrogens with two attached hydrogens (primary N) is 1. The Morgan fingerprint density at radius 2 is 2.33 bits per heavy atom. The maximum absolute atomic E-state index is 13.0. The second-order valence-electron chi connectivity index (χ2n) is 5.94. The van der Waals surface area contributed by atoms with Gasteiger partial charge >= 0.3 is 0 Å². The van der Waals surface area contributed by atoms with Crippen molar-refractivity contribution in [3.8, 4) is 0 Å². The first kappa shape index (κ1) is 15.8. The average molecular weight is 293 g/mol. The van der Waals surface area contributed by atoms with Crippen molar-refractivity contribution in [2.75, 3.05) is 30.7 Å². The maximum Gasteiger partial charge on any atom is 0.224 e. The minimum Gasteiger partial charge on any atom is -0.396 e. The SMILES string of the molecule is CC1CCCN(CCCC(=O)Nc2ccc(F)c(N)c2)C1. The van der Waals surface area contributed by atoms with Crippen LogP contribution in [0.1, 0.15) is 32.6 Å². The number of hydrogen-bond acceptors (Lipinski definition) is 3. The van der Waals surface area contributed by atoms with Crippen molar-refractivity contribution in [1.82, 2.24) is 4.90 Å². The van der Waals surface area contributed by atoms with Gasteiger partial charge in [0.15, 0.2) is 0 Å². The van der Waals surface area contributed by atoms with Crippen LogP contribution in [0, 0.1) is 11.7 Å². The highest BCUT2D eigenvalue weighted by Crippen LogP contribution is 2.17. The van der Waals surface area contributed by atoms with Gasteiger partial charge in [0.25, 0.3) is 0 Å². The van der Waals surface area contributed by atoms with Gasteiger partial charge in [-0.1, -0.05) is 6.92 Å². The fourth-order valence-corrected chi connectivity index (χ4v) is 2.80. The molecule has 0 radical (unpaired) electrons. The van der Waals surface area contributed by atoms with E-state index in [0.29, 0.717) is 12.1 Å². The third kappa shape index (κ3) is 5.01. The molecule has 0 saturated carbocycles. The van der Waals surface area contributed by atoms with E-state index in [1.165, 1.54) is 31.0 Å². The standard InChI is InChI=1S/C16H24FN3O/c1-12-4-2-8-20(11-12)9-3-5-16(21)19-13-6-7-14(17)15(18)10-13/h6-7,10,12H,2-5,8-9,11,18H2,1H3,(H,19,21). The van der Waals surface area contributed by atoms with Crippen LogP contribution in [0.2, 0.25) is 0 Å². The topological polar surface area (TPSA) is 58.4 Å². The number of benzene rings is 1. The largest absolute Gasteiger partial charge is 0.396 e. The molecule has 2 rings (SSSR count). The number of nitrogens with zero attached hydrogens (tertiary/aromatic N) is 1. The highest BCUT2D eigenvalue weighted by atomic mass is 19.1. The number of piperidine rings is 1. The van der Waals surface area contributed by atoms with Gasteiger partial charge in [-0.3, -0.25) is 4.79 Å². The zero-order valence-corrected chi connectivity index (χ0v) is 12.6. The minimum atomic E-state index is -0.466. The van der Waals surface area contributed by atoms with Crippen LogP contribution in [0.25, 0.3) is 0 Å². The Balaban J connectivity index is 1.70. The monoisotopic (exact) mass is 293 g/mol. The summed E-state index contributed by atoms with van der Waals surface area (Å²) in [6, 6.07) is 4.23. The zero-order chi connectivity index (χ0) is 15.2. The molecular weight excluding hydrogens is 269 g/mol. The first-order valence-corrected chi connectivity index (χ1v) is 7.62. The van der Waals surface area contributed by atoms with E-state index in [9.17, 15) is 9.18 Å². The molecule has 1 atom stereocenters. The summed E-state index contributed by atoms with van der Waals surface area (Å²) in [7, 11) is 0. The van der Waals surface area contributed by atoms with Gasteiger partial charge in [0.05, 0.1) is 5.69 Å². The third-order valence-electron chi connectivity index (χ3n) is 3.90. The van der Waals surface area contributed by atoms with Crippen LogP contribution in [0.4, 0.5) is 15.8 Å². The van der Waals surface area contributed by atoms with Crippen LogP contribution in [-0.4, -0.2) is 30.4 Å². The lowest BCUT2D eigenvalue weighted by Crippen LogP contribution is -2.35. The zero-order valence-electron chi connectivity index (χ0n) is 12.6. The van der Waals surface area contributed by atoms with Crippen LogP contribution >= 0.6 is 0 Å². The van der Waals surface area contributed by atoms with Gasteiger partial charge < -0.3 is 16.0 Å². The van der Waals surface area contributed by atoms with Crippen molar-refractivity contribution in [1.29, 1.82) is 0 Å². The fraction of sp³-hybridized carbons (Fsp3) is 0.562. The van der Waals surface area contributed by atoms with Crippen LogP contribution < -0.4 is 11.1 Å². The molecule has 21 heavy (non-hydrogen) atoms. The minimum absolute atomic E-state index is 0.0499. The van der Waals surface area contributed by atoms with Gasteiger partial charge in [-0.2, -0.15) is 0 Å². The van der Waals surface area contributed by atoms with Gasteiger partial charge in [-0.15, -0.1) is 0 Å². The predicted octanol–water partition coefficient (Wildman–Crippen LogP) is 2.86. The third-order valence-corrected chi connectivity index (χ3v) is 3.90. The Morgan fingerprint density at radius 1 is 1.52 bits per heavy atom. The molecule has 1 heterocycles. The second kappa shape index (κ2) is 7.41. The van der Waals surface area contributed by atoms with Crippen LogP contribution in [-0.2, 0) is 4.79 Å². The smallest absolute Gasteiger partial charge is 0.224 e. The van der Waals surface area contributed by atoms with E-state index in [1.807, 2.05) is 0 Å². The van der Waals surface area contributed by atoms with Crippen molar-refractivity contribution in [2.45, 2.75) is 32.6 Å². The first-order valence-electron chi connectivity index (χ1n) is 7.62. The number of carbonyl (C=O) groups excluding carboxylic acids is 1. The molecule has 1 unspecified atom stereocenters. The molecule has 0 spiro atoms. The van der Waals surface area contributed by atoms with E-state index in [2.05, 4.69) is 17.1 Å². The molecule has 4 nitrogen and oxygen atoms in total. The number of hydrogen-bond donors (Lipinski definition) is 2. The molecule has 1 saturated heterocycles. The van der Waals surface area contributed by atoms with E-state index in [0.717, 1.165) is 32.0 Å². The van der Waals surface area contributed by atoms with Crippen LogP contribution in [0.3, 0.4) is 0 Å². The van der Waals surface area contributed by atoms with Gasteiger partial charge in [0, 0.05) is 18.7 Å². The Kier molecular flexibility index (Phi) is 5.56. The number of anilines is 2. The van der Waals surface area contributed by atoms with Crippen molar-refractivity contribution >= 4 is 17.3 Å². The lowest BCUT2D eigenvalue weighted by atomic mass is 10.0. The summed E-state index contributed by atoms with van der Waals surface area (Å²) in [6.07, 6.45) is 3.88. The lowest BCUT2D eigenvalue weighted by molar-refractivity contribution is -0.116. The molecule has 1 fully saturated rings. The van der Waals surface area contributed by atoms with Crippen molar-refractivity contribution in [3.05, 3.63) is 24.0 Å². The lowest BCUT2D eigenvalue weighted by Gasteiger charge is -2.30. The predicted molar refractivity (Wildman–Crippen MR) is 83.5 cm³/mol. The molecule has 1 aliphatic rings. The summed E-state index contributed by atoms with van der Waals surface area (Å²) < 4.78 is 13.0. The van der Waals surface area contributed by atoms with Crippen molar-refractivity contribution < 1.29 is 9.18 Å². The number of carbonyl (C=O) groups is 1. The molecule has 0 aliphatic carbocycles. The van der Waals surface area contributed by atoms with Gasteiger partial charge in [0.1, 0.15) is 5.82 Å². The summed E-state index contributed by atoms with van der Waals surface area (Å²) in [5, 5.41) is 2.75. The summed E-state index contributed by atoms with van der Waals surface area (Å²) in [5.74, 6) is 0.244. The van der Waals surface area contributed by atoms with E-state index >= 15 is 0 Å². The number of nitrogen functional groups attached to an aromatic ring is 1. The number of nitrogens with one attached hydrogen (secondary N) is 1. The molecule has 0 aromatic heterocycles. The maximum atomic E-state index is 13.0. The molecule has 1 aliphatic heterocycles. The molecule has 1 amide bonds.